The summed E-state index contributed by atoms with van der Waals surface area (Å²) in [6.45, 7) is 2.36. The van der Waals surface area contributed by atoms with E-state index in [1.807, 2.05) is 6.92 Å². The Kier molecular flexibility index (Phi) is 5.63. The first-order chi connectivity index (χ1) is 14.6. The molecule has 0 saturated heterocycles. The van der Waals surface area contributed by atoms with Crippen LogP contribution < -0.4 is 10.2 Å². The Labute approximate surface area is 177 Å². The van der Waals surface area contributed by atoms with E-state index in [-0.39, 0.29) is 27.3 Å². The average Bonchev–Trinajstić information content (AvgIpc) is 2.74. The topological polar surface area (TPSA) is 52.3 Å². The highest BCUT2D eigenvalue weighted by Gasteiger charge is 2.16. The summed E-state index contributed by atoms with van der Waals surface area (Å²) in [6.07, 6.45) is 4.61. The molecule has 0 atom stereocenters. The van der Waals surface area contributed by atoms with Crippen molar-refractivity contribution in [3.63, 3.8) is 0 Å². The highest BCUT2D eigenvalue weighted by atomic mass is 35.5. The Morgan fingerprint density at radius 1 is 1.13 bits per heavy atom. The van der Waals surface area contributed by atoms with Gasteiger partial charge in [0.15, 0.2) is 0 Å². The molecule has 0 bridgehead atoms. The SMILES string of the molecule is CCOc1ccc2c(=O)c(-c3ccccn3)c(C=Cc3c(F)cccc3Cl)oc2c1. The third kappa shape index (κ3) is 3.84. The summed E-state index contributed by atoms with van der Waals surface area (Å²) in [7, 11) is 0. The number of pyridine rings is 1. The molecule has 150 valence electrons. The van der Waals surface area contributed by atoms with Crippen LogP contribution in [0.15, 0.2) is 70.0 Å². The van der Waals surface area contributed by atoms with Crippen molar-refractivity contribution in [1.29, 1.82) is 0 Å². The van der Waals surface area contributed by atoms with Crippen LogP contribution in [0.5, 0.6) is 5.75 Å². The van der Waals surface area contributed by atoms with Gasteiger partial charge in [-0.1, -0.05) is 23.7 Å². The molecular formula is C24H17ClFNO3. The van der Waals surface area contributed by atoms with E-state index >= 15 is 0 Å². The summed E-state index contributed by atoms with van der Waals surface area (Å²) in [5, 5.41) is 0.660. The molecule has 4 rings (SSSR count). The van der Waals surface area contributed by atoms with Crippen LogP contribution >= 0.6 is 11.6 Å². The fourth-order valence-corrected chi connectivity index (χ4v) is 3.37. The lowest BCUT2D eigenvalue weighted by Gasteiger charge is -2.09. The van der Waals surface area contributed by atoms with Gasteiger partial charge in [0, 0.05) is 17.8 Å². The number of nitrogens with zero attached hydrogens (tertiary/aromatic N) is 1. The summed E-state index contributed by atoms with van der Waals surface area (Å²) >= 11 is 6.12. The first kappa shape index (κ1) is 19.9. The highest BCUT2D eigenvalue weighted by Crippen LogP contribution is 2.28. The van der Waals surface area contributed by atoms with Gasteiger partial charge in [0.2, 0.25) is 5.43 Å². The fourth-order valence-electron chi connectivity index (χ4n) is 3.15. The lowest BCUT2D eigenvalue weighted by atomic mass is 10.0. The van der Waals surface area contributed by atoms with Crippen molar-refractivity contribution in [3.05, 3.63) is 93.2 Å². The third-order valence-electron chi connectivity index (χ3n) is 4.52. The monoisotopic (exact) mass is 421 g/mol. The van der Waals surface area contributed by atoms with E-state index in [1.165, 1.54) is 24.3 Å². The molecule has 0 fully saturated rings. The molecular weight excluding hydrogens is 405 g/mol. The van der Waals surface area contributed by atoms with Crippen molar-refractivity contribution >= 4 is 34.7 Å². The van der Waals surface area contributed by atoms with Crippen molar-refractivity contribution in [1.82, 2.24) is 4.98 Å². The maximum atomic E-state index is 14.2. The van der Waals surface area contributed by atoms with Crippen LogP contribution in [0.3, 0.4) is 0 Å². The first-order valence-corrected chi connectivity index (χ1v) is 9.73. The predicted octanol–water partition coefficient (Wildman–Crippen LogP) is 6.22. The second-order valence-corrected chi connectivity index (χ2v) is 6.85. The van der Waals surface area contributed by atoms with E-state index in [9.17, 15) is 9.18 Å². The molecule has 0 N–H and O–H groups in total. The standard InChI is InChI=1S/C24H17ClFNO3/c1-2-29-15-9-10-17-22(14-15)30-21(12-11-16-18(25)6-5-7-19(16)26)23(24(17)28)20-8-3-4-13-27-20/h3-14H,2H2,1H3. The molecule has 2 aromatic heterocycles. The minimum atomic E-state index is -0.472. The van der Waals surface area contributed by atoms with Crippen LogP contribution in [0.2, 0.25) is 5.02 Å². The van der Waals surface area contributed by atoms with E-state index in [2.05, 4.69) is 4.98 Å². The van der Waals surface area contributed by atoms with Crippen LogP contribution in [0.1, 0.15) is 18.2 Å². The van der Waals surface area contributed by atoms with Gasteiger partial charge >= 0.3 is 0 Å². The van der Waals surface area contributed by atoms with Gasteiger partial charge in [-0.05, 0) is 55.5 Å². The molecule has 30 heavy (non-hydrogen) atoms. The Balaban J connectivity index is 1.95. The fraction of sp³-hybridized carbons (Fsp3) is 0.0833. The van der Waals surface area contributed by atoms with Crippen molar-refractivity contribution in [2.45, 2.75) is 6.92 Å². The Morgan fingerprint density at radius 2 is 2.00 bits per heavy atom. The summed E-state index contributed by atoms with van der Waals surface area (Å²) in [5.41, 5.74) is 1.08. The van der Waals surface area contributed by atoms with Gasteiger partial charge in [-0.15, -0.1) is 0 Å². The number of halogens is 2. The molecule has 0 amide bonds. The molecule has 0 unspecified atom stereocenters. The van der Waals surface area contributed by atoms with Gasteiger partial charge in [0.05, 0.1) is 28.3 Å². The minimum absolute atomic E-state index is 0.206. The van der Waals surface area contributed by atoms with E-state index in [4.69, 9.17) is 20.8 Å². The van der Waals surface area contributed by atoms with Gasteiger partial charge in [0.25, 0.3) is 0 Å². The van der Waals surface area contributed by atoms with E-state index in [0.29, 0.717) is 29.0 Å². The van der Waals surface area contributed by atoms with Gasteiger partial charge in [-0.25, -0.2) is 4.39 Å². The number of hydrogen-bond acceptors (Lipinski definition) is 4. The molecule has 2 heterocycles. The zero-order chi connectivity index (χ0) is 21.1. The largest absolute Gasteiger partial charge is 0.494 e. The third-order valence-corrected chi connectivity index (χ3v) is 4.85. The molecule has 0 aliphatic rings. The molecule has 4 nitrogen and oxygen atoms in total. The molecule has 2 aromatic carbocycles. The summed E-state index contributed by atoms with van der Waals surface area (Å²) in [5.74, 6) is 0.366. The minimum Gasteiger partial charge on any atom is -0.494 e. The van der Waals surface area contributed by atoms with Gasteiger partial charge in [0.1, 0.15) is 22.9 Å². The normalized spacial score (nSPS) is 11.3. The average molecular weight is 422 g/mol. The number of ether oxygens (including phenoxy) is 1. The van der Waals surface area contributed by atoms with Crippen molar-refractivity contribution in [3.8, 4) is 17.0 Å². The van der Waals surface area contributed by atoms with Gasteiger partial charge < -0.3 is 9.15 Å². The molecule has 0 saturated carbocycles. The number of hydrogen-bond donors (Lipinski definition) is 0. The highest BCUT2D eigenvalue weighted by molar-refractivity contribution is 6.32. The lowest BCUT2D eigenvalue weighted by Crippen LogP contribution is -2.08. The quantitative estimate of drug-likeness (QED) is 0.384. The van der Waals surface area contributed by atoms with E-state index in [0.717, 1.165) is 0 Å². The Bertz CT molecular complexity index is 1280. The van der Waals surface area contributed by atoms with E-state index in [1.54, 1.807) is 48.7 Å². The number of rotatable bonds is 5. The van der Waals surface area contributed by atoms with Crippen molar-refractivity contribution in [2.24, 2.45) is 0 Å². The number of aromatic nitrogens is 1. The Morgan fingerprint density at radius 3 is 2.73 bits per heavy atom. The van der Waals surface area contributed by atoms with Gasteiger partial charge in [-0.3, -0.25) is 9.78 Å². The summed E-state index contributed by atoms with van der Waals surface area (Å²) in [4.78, 5) is 17.6. The molecule has 0 spiro atoms. The second kappa shape index (κ2) is 8.51. The summed E-state index contributed by atoms with van der Waals surface area (Å²) in [6, 6.07) is 14.8. The predicted molar refractivity (Wildman–Crippen MR) is 117 cm³/mol. The lowest BCUT2D eigenvalue weighted by molar-refractivity contribution is 0.340. The number of benzene rings is 2. The van der Waals surface area contributed by atoms with Crippen LogP contribution in [0, 0.1) is 5.82 Å². The summed E-state index contributed by atoms with van der Waals surface area (Å²) < 4.78 is 25.7. The zero-order valence-electron chi connectivity index (χ0n) is 16.1. The molecule has 4 aromatic rings. The van der Waals surface area contributed by atoms with Crippen LogP contribution in [0.25, 0.3) is 34.4 Å². The van der Waals surface area contributed by atoms with Crippen molar-refractivity contribution in [2.75, 3.05) is 6.61 Å². The van der Waals surface area contributed by atoms with Crippen molar-refractivity contribution < 1.29 is 13.5 Å². The molecule has 6 heteroatoms. The smallest absolute Gasteiger partial charge is 0.202 e. The molecule has 0 radical (unpaired) electrons. The maximum absolute atomic E-state index is 14.2. The first-order valence-electron chi connectivity index (χ1n) is 9.35. The molecule has 0 aliphatic carbocycles. The van der Waals surface area contributed by atoms with Crippen LogP contribution in [-0.4, -0.2) is 11.6 Å². The second-order valence-electron chi connectivity index (χ2n) is 6.45. The molecule has 0 aliphatic heterocycles. The number of fused-ring (bicyclic) bond motifs is 1. The van der Waals surface area contributed by atoms with Crippen LogP contribution in [-0.2, 0) is 0 Å². The zero-order valence-corrected chi connectivity index (χ0v) is 16.8. The van der Waals surface area contributed by atoms with Gasteiger partial charge in [-0.2, -0.15) is 0 Å². The van der Waals surface area contributed by atoms with E-state index < -0.39 is 5.82 Å². The van der Waals surface area contributed by atoms with Crippen LogP contribution in [0.4, 0.5) is 4.39 Å². The maximum Gasteiger partial charge on any atom is 0.202 e. The Hall–Kier alpha value is -3.44.